The molecule has 10 heavy (non-hydrogen) atoms. The third-order valence-corrected chi connectivity index (χ3v) is 0.897. The predicted octanol–water partition coefficient (Wildman–Crippen LogP) is -3.62. The summed E-state index contributed by atoms with van der Waals surface area (Å²) in [5, 5.41) is 7.84. The number of hydrogen-bond donors (Lipinski definition) is 0. The van der Waals surface area contributed by atoms with Gasteiger partial charge in [-0.05, 0) is 0 Å². The molecule has 52 valence electrons. The maximum absolute atomic E-state index is 9.62. The quantitative estimate of drug-likeness (QED) is 0.182. The molecular weight excluding hydrogens is 153 g/mol. The van der Waals surface area contributed by atoms with Crippen molar-refractivity contribution >= 4 is 10.4 Å². The Hall–Kier alpha value is -0.0426. The van der Waals surface area contributed by atoms with Gasteiger partial charge in [0.2, 0.25) is 10.4 Å². The van der Waals surface area contributed by atoms with Crippen molar-refractivity contribution in [3.8, 4) is 6.07 Å². The minimum Gasteiger partial charge on any atom is -0.726 e. The molecule has 0 aliphatic heterocycles. The fourth-order valence-electron chi connectivity index (χ4n) is 0.189. The molecule has 0 radical (unpaired) electrons. The van der Waals surface area contributed by atoms with E-state index in [1.807, 2.05) is 0 Å². The summed E-state index contributed by atoms with van der Waals surface area (Å²) in [7, 11) is -4.60. The third kappa shape index (κ3) is 10.9. The summed E-state index contributed by atoms with van der Waals surface area (Å²) in [6, 6.07) is 1.61. The first-order valence-corrected chi connectivity index (χ1v) is 3.37. The molecule has 0 saturated carbocycles. The molecule has 0 heterocycles. The summed E-state index contributed by atoms with van der Waals surface area (Å²) in [4.78, 5) is 0. The summed E-state index contributed by atoms with van der Waals surface area (Å²) in [6.07, 6.45) is -0.0958. The van der Waals surface area contributed by atoms with Gasteiger partial charge in [0.15, 0.2) is 0 Å². The van der Waals surface area contributed by atoms with E-state index in [2.05, 4.69) is 4.18 Å². The van der Waals surface area contributed by atoms with Crippen LogP contribution in [0.2, 0.25) is 0 Å². The van der Waals surface area contributed by atoms with Crippen molar-refractivity contribution in [2.24, 2.45) is 0 Å². The molecule has 0 spiro atoms. The summed E-state index contributed by atoms with van der Waals surface area (Å²) in [6.45, 7) is -0.359. The van der Waals surface area contributed by atoms with E-state index in [-0.39, 0.29) is 31.9 Å². The molecule has 0 aromatic carbocycles. The maximum atomic E-state index is 9.62. The van der Waals surface area contributed by atoms with Gasteiger partial charge in [0.25, 0.3) is 0 Å². The van der Waals surface area contributed by atoms with Crippen LogP contribution in [0.4, 0.5) is 0 Å². The Bertz CT molecular complexity index is 205. The minimum absolute atomic E-state index is 0. The second kappa shape index (κ2) is 5.72. The van der Waals surface area contributed by atoms with E-state index >= 15 is 0 Å². The first-order valence-electron chi connectivity index (χ1n) is 2.03. The van der Waals surface area contributed by atoms with Crippen LogP contribution in [0.5, 0.6) is 0 Å². The molecule has 0 saturated heterocycles. The van der Waals surface area contributed by atoms with Crippen molar-refractivity contribution in [3.05, 3.63) is 0 Å². The Balaban J connectivity index is 0. The number of nitriles is 1. The molecule has 7 heteroatoms. The standard InChI is InChI=1S/C3H5NO4S.Li/c4-2-1-3-8-9(5,6)7;/h1,3H2,(H,5,6,7);/q;+1/p-1. The van der Waals surface area contributed by atoms with Gasteiger partial charge in [-0.3, -0.25) is 4.18 Å². The van der Waals surface area contributed by atoms with Gasteiger partial charge in [0.1, 0.15) is 0 Å². The average Bonchev–Trinajstić information content (AvgIpc) is 1.63. The van der Waals surface area contributed by atoms with E-state index < -0.39 is 10.4 Å². The molecule has 0 unspecified atom stereocenters. The molecule has 0 rings (SSSR count). The smallest absolute Gasteiger partial charge is 0.726 e. The van der Waals surface area contributed by atoms with Gasteiger partial charge >= 0.3 is 18.9 Å². The van der Waals surface area contributed by atoms with Crippen LogP contribution in [0, 0.1) is 11.3 Å². The van der Waals surface area contributed by atoms with Gasteiger partial charge in [-0.15, -0.1) is 0 Å². The minimum atomic E-state index is -4.60. The van der Waals surface area contributed by atoms with Gasteiger partial charge in [-0.1, -0.05) is 0 Å². The predicted molar refractivity (Wildman–Crippen MR) is 25.9 cm³/mol. The molecule has 0 aromatic rings. The fourth-order valence-corrected chi connectivity index (χ4v) is 0.477. The normalized spacial score (nSPS) is 9.60. The topological polar surface area (TPSA) is 90.2 Å². The van der Waals surface area contributed by atoms with Gasteiger partial charge in [-0.2, -0.15) is 5.26 Å². The monoisotopic (exact) mass is 157 g/mol. The van der Waals surface area contributed by atoms with Crippen molar-refractivity contribution in [2.75, 3.05) is 6.61 Å². The molecule has 5 nitrogen and oxygen atoms in total. The summed E-state index contributed by atoms with van der Waals surface area (Å²) in [5.74, 6) is 0. The molecule has 0 aliphatic carbocycles. The zero-order valence-corrected chi connectivity index (χ0v) is 6.22. The van der Waals surface area contributed by atoms with E-state index in [0.29, 0.717) is 0 Å². The van der Waals surface area contributed by atoms with E-state index in [9.17, 15) is 13.0 Å². The molecule has 0 fully saturated rings. The SMILES string of the molecule is N#CCCOS(=O)(=O)[O-].[Li+]. The van der Waals surface area contributed by atoms with Crippen LogP contribution in [0.3, 0.4) is 0 Å². The first-order chi connectivity index (χ1) is 4.06. The van der Waals surface area contributed by atoms with Crippen molar-refractivity contribution in [3.63, 3.8) is 0 Å². The van der Waals surface area contributed by atoms with E-state index in [0.717, 1.165) is 0 Å². The van der Waals surface area contributed by atoms with Gasteiger partial charge < -0.3 is 4.55 Å². The number of rotatable bonds is 3. The molecule has 0 aliphatic rings. The first kappa shape index (κ1) is 12.6. The Morgan fingerprint density at radius 2 is 2.10 bits per heavy atom. The molecule has 0 atom stereocenters. The van der Waals surface area contributed by atoms with Crippen LogP contribution in [0.15, 0.2) is 0 Å². The van der Waals surface area contributed by atoms with E-state index in [1.165, 1.54) is 0 Å². The zero-order chi connectivity index (χ0) is 7.33. The van der Waals surface area contributed by atoms with Gasteiger partial charge in [0.05, 0.1) is 19.1 Å². The summed E-state index contributed by atoms with van der Waals surface area (Å²) < 4.78 is 32.5. The van der Waals surface area contributed by atoms with E-state index in [1.54, 1.807) is 6.07 Å². The Morgan fingerprint density at radius 3 is 2.40 bits per heavy atom. The van der Waals surface area contributed by atoms with Crippen molar-refractivity contribution < 1.29 is 36.0 Å². The maximum Gasteiger partial charge on any atom is 1.00 e. The van der Waals surface area contributed by atoms with E-state index in [4.69, 9.17) is 5.26 Å². The summed E-state index contributed by atoms with van der Waals surface area (Å²) >= 11 is 0. The molecular formula is C3H4LiNO4S. The third-order valence-electron chi connectivity index (χ3n) is 0.442. The molecule has 0 N–H and O–H groups in total. The van der Waals surface area contributed by atoms with Crippen LogP contribution in [0.25, 0.3) is 0 Å². The van der Waals surface area contributed by atoms with Gasteiger partial charge in [-0.25, -0.2) is 8.42 Å². The fraction of sp³-hybridized carbons (Fsp3) is 0.667. The zero-order valence-electron chi connectivity index (χ0n) is 5.40. The van der Waals surface area contributed by atoms with Crippen molar-refractivity contribution in [1.29, 1.82) is 5.26 Å². The number of nitrogens with zero attached hydrogens (tertiary/aromatic N) is 1. The number of hydrogen-bond acceptors (Lipinski definition) is 5. The molecule has 0 bridgehead atoms. The van der Waals surface area contributed by atoms with Crippen LogP contribution >= 0.6 is 0 Å². The van der Waals surface area contributed by atoms with Crippen LogP contribution in [-0.2, 0) is 14.6 Å². The van der Waals surface area contributed by atoms with Gasteiger partial charge in [0, 0.05) is 0 Å². The second-order valence-corrected chi connectivity index (χ2v) is 2.19. The Kier molecular flexibility index (Phi) is 7.22. The van der Waals surface area contributed by atoms with Crippen LogP contribution in [0.1, 0.15) is 6.42 Å². The molecule has 0 aromatic heterocycles. The largest absolute Gasteiger partial charge is 1.00 e. The Morgan fingerprint density at radius 1 is 1.60 bits per heavy atom. The molecule has 0 amide bonds. The summed E-state index contributed by atoms with van der Waals surface area (Å²) in [5.41, 5.74) is 0. The average molecular weight is 157 g/mol. The van der Waals surface area contributed by atoms with Crippen molar-refractivity contribution in [1.82, 2.24) is 0 Å². The Labute approximate surface area is 71.1 Å². The van der Waals surface area contributed by atoms with Crippen LogP contribution < -0.4 is 18.9 Å². The van der Waals surface area contributed by atoms with Crippen molar-refractivity contribution in [2.45, 2.75) is 6.42 Å². The van der Waals surface area contributed by atoms with Crippen LogP contribution in [-0.4, -0.2) is 19.6 Å². The second-order valence-electron chi connectivity index (χ2n) is 1.14.